The normalized spacial score (nSPS) is 23.8. The Balaban J connectivity index is 2.03. The zero-order valence-corrected chi connectivity index (χ0v) is 11.0. The molecule has 0 spiro atoms. The van der Waals surface area contributed by atoms with E-state index in [-0.39, 0.29) is 17.8 Å². The van der Waals surface area contributed by atoms with Crippen LogP contribution in [0.4, 0.5) is 5.82 Å². The molecule has 4 heteroatoms. The molecular formula is C15H18N2O2. The zero-order chi connectivity index (χ0) is 13.4. The first-order valence-electron chi connectivity index (χ1n) is 6.66. The number of nitrogens with zero attached hydrogens (tertiary/aromatic N) is 2. The van der Waals surface area contributed by atoms with Crippen LogP contribution >= 0.6 is 0 Å². The number of pyridine rings is 1. The molecule has 19 heavy (non-hydrogen) atoms. The van der Waals surface area contributed by atoms with E-state index in [0.29, 0.717) is 0 Å². The summed E-state index contributed by atoms with van der Waals surface area (Å²) in [5.74, 6) is 1.39. The van der Waals surface area contributed by atoms with Crippen molar-refractivity contribution >= 4 is 16.6 Å². The Morgan fingerprint density at radius 3 is 2.95 bits per heavy atom. The molecule has 1 aliphatic rings. The van der Waals surface area contributed by atoms with Crippen LogP contribution in [0.15, 0.2) is 30.5 Å². The molecule has 1 aromatic heterocycles. The SMILES string of the molecule is CC1CN(c2nccc3ccc(O)cc23)CCC1O. The van der Waals surface area contributed by atoms with Crippen molar-refractivity contribution in [1.29, 1.82) is 0 Å². The molecule has 1 saturated heterocycles. The molecule has 2 aromatic rings. The van der Waals surface area contributed by atoms with E-state index in [4.69, 9.17) is 0 Å². The number of piperidine rings is 1. The van der Waals surface area contributed by atoms with Crippen LogP contribution in [0.3, 0.4) is 0 Å². The van der Waals surface area contributed by atoms with Crippen molar-refractivity contribution in [1.82, 2.24) is 4.98 Å². The topological polar surface area (TPSA) is 56.6 Å². The Morgan fingerprint density at radius 1 is 1.32 bits per heavy atom. The molecule has 0 saturated carbocycles. The maximum Gasteiger partial charge on any atom is 0.136 e. The summed E-state index contributed by atoms with van der Waals surface area (Å²) < 4.78 is 0. The Hall–Kier alpha value is -1.81. The van der Waals surface area contributed by atoms with Crippen LogP contribution in [-0.2, 0) is 0 Å². The second kappa shape index (κ2) is 4.70. The van der Waals surface area contributed by atoms with E-state index in [9.17, 15) is 10.2 Å². The highest BCUT2D eigenvalue weighted by Crippen LogP contribution is 2.30. The maximum atomic E-state index is 9.81. The molecule has 0 radical (unpaired) electrons. The minimum atomic E-state index is -0.223. The number of aliphatic hydroxyl groups excluding tert-OH is 1. The van der Waals surface area contributed by atoms with E-state index in [2.05, 4.69) is 16.8 Å². The van der Waals surface area contributed by atoms with Crippen molar-refractivity contribution in [2.75, 3.05) is 18.0 Å². The highest BCUT2D eigenvalue weighted by Gasteiger charge is 2.25. The minimum Gasteiger partial charge on any atom is -0.508 e. The standard InChI is InChI=1S/C15H18N2O2/c1-10-9-17(7-5-14(10)19)15-13-8-12(18)3-2-11(13)4-6-16-15/h2-4,6,8,10,14,18-19H,5,7,9H2,1H3. The van der Waals surface area contributed by atoms with Gasteiger partial charge >= 0.3 is 0 Å². The third kappa shape index (κ3) is 2.24. The predicted molar refractivity (Wildman–Crippen MR) is 75.4 cm³/mol. The summed E-state index contributed by atoms with van der Waals surface area (Å²) in [5, 5.41) is 21.5. The lowest BCUT2D eigenvalue weighted by atomic mass is 9.96. The van der Waals surface area contributed by atoms with Crippen LogP contribution in [0.1, 0.15) is 13.3 Å². The molecule has 1 fully saturated rings. The molecule has 3 rings (SSSR count). The molecular weight excluding hydrogens is 240 g/mol. The van der Waals surface area contributed by atoms with Gasteiger partial charge in [0.2, 0.25) is 0 Å². The van der Waals surface area contributed by atoms with Crippen LogP contribution in [-0.4, -0.2) is 34.4 Å². The molecule has 2 heterocycles. The zero-order valence-electron chi connectivity index (χ0n) is 11.0. The molecule has 100 valence electrons. The Kier molecular flexibility index (Phi) is 3.03. The van der Waals surface area contributed by atoms with Crippen molar-refractivity contribution in [2.24, 2.45) is 5.92 Å². The number of aliphatic hydroxyl groups is 1. The average molecular weight is 258 g/mol. The summed E-state index contributed by atoms with van der Waals surface area (Å²) in [6.07, 6.45) is 2.34. The number of hydrogen-bond donors (Lipinski definition) is 2. The van der Waals surface area contributed by atoms with Crippen molar-refractivity contribution in [3.63, 3.8) is 0 Å². The molecule has 2 N–H and O–H groups in total. The lowest BCUT2D eigenvalue weighted by Crippen LogP contribution is -2.42. The van der Waals surface area contributed by atoms with Crippen molar-refractivity contribution in [3.8, 4) is 5.75 Å². The fraction of sp³-hybridized carbons (Fsp3) is 0.400. The number of benzene rings is 1. The Bertz CT molecular complexity index is 600. The first-order valence-corrected chi connectivity index (χ1v) is 6.66. The number of rotatable bonds is 1. The second-order valence-corrected chi connectivity index (χ2v) is 5.32. The van der Waals surface area contributed by atoms with Crippen LogP contribution in [0.2, 0.25) is 0 Å². The first kappa shape index (κ1) is 12.2. The smallest absolute Gasteiger partial charge is 0.136 e. The van der Waals surface area contributed by atoms with E-state index >= 15 is 0 Å². The largest absolute Gasteiger partial charge is 0.508 e. The van der Waals surface area contributed by atoms with Crippen LogP contribution in [0, 0.1) is 5.92 Å². The van der Waals surface area contributed by atoms with E-state index in [1.165, 1.54) is 0 Å². The first-order chi connectivity index (χ1) is 9.15. The van der Waals surface area contributed by atoms with Gasteiger partial charge in [0.05, 0.1) is 6.10 Å². The monoisotopic (exact) mass is 258 g/mol. The summed E-state index contributed by atoms with van der Waals surface area (Å²) in [6, 6.07) is 7.29. The van der Waals surface area contributed by atoms with E-state index in [1.807, 2.05) is 12.1 Å². The minimum absolute atomic E-state index is 0.223. The van der Waals surface area contributed by atoms with E-state index in [1.54, 1.807) is 18.3 Å². The van der Waals surface area contributed by atoms with Crippen LogP contribution < -0.4 is 4.90 Å². The van der Waals surface area contributed by atoms with Crippen molar-refractivity contribution in [3.05, 3.63) is 30.5 Å². The Labute approximate surface area is 112 Å². The number of aromatic hydroxyl groups is 1. The van der Waals surface area contributed by atoms with Crippen LogP contribution in [0.25, 0.3) is 10.8 Å². The average Bonchev–Trinajstić information content (AvgIpc) is 2.41. The quantitative estimate of drug-likeness (QED) is 0.823. The number of fused-ring (bicyclic) bond motifs is 1. The van der Waals surface area contributed by atoms with Gasteiger partial charge in [0.1, 0.15) is 11.6 Å². The number of hydrogen-bond acceptors (Lipinski definition) is 4. The highest BCUT2D eigenvalue weighted by molar-refractivity contribution is 5.93. The van der Waals surface area contributed by atoms with Crippen LogP contribution in [0.5, 0.6) is 5.75 Å². The van der Waals surface area contributed by atoms with Gasteiger partial charge in [0.25, 0.3) is 0 Å². The fourth-order valence-corrected chi connectivity index (χ4v) is 2.72. The summed E-state index contributed by atoms with van der Waals surface area (Å²) in [5.41, 5.74) is 0. The summed E-state index contributed by atoms with van der Waals surface area (Å²) in [7, 11) is 0. The fourth-order valence-electron chi connectivity index (χ4n) is 2.72. The van der Waals surface area contributed by atoms with Gasteiger partial charge in [-0.25, -0.2) is 4.98 Å². The van der Waals surface area contributed by atoms with Gasteiger partial charge in [-0.05, 0) is 35.9 Å². The number of anilines is 1. The van der Waals surface area contributed by atoms with Gasteiger partial charge in [0, 0.05) is 24.7 Å². The molecule has 1 aromatic carbocycles. The molecule has 1 aliphatic heterocycles. The molecule has 0 bridgehead atoms. The number of aromatic nitrogens is 1. The molecule has 2 unspecified atom stereocenters. The molecule has 2 atom stereocenters. The third-order valence-corrected chi connectivity index (χ3v) is 3.89. The van der Waals surface area contributed by atoms with Gasteiger partial charge < -0.3 is 15.1 Å². The number of phenols is 1. The summed E-state index contributed by atoms with van der Waals surface area (Å²) in [4.78, 5) is 6.66. The van der Waals surface area contributed by atoms with Crippen molar-refractivity contribution in [2.45, 2.75) is 19.4 Å². The van der Waals surface area contributed by atoms with Gasteiger partial charge in [-0.2, -0.15) is 0 Å². The molecule has 0 aliphatic carbocycles. The molecule has 0 amide bonds. The summed E-state index contributed by atoms with van der Waals surface area (Å²) >= 11 is 0. The van der Waals surface area contributed by atoms with E-state index in [0.717, 1.165) is 36.1 Å². The second-order valence-electron chi connectivity index (χ2n) is 5.32. The molecule has 4 nitrogen and oxygen atoms in total. The Morgan fingerprint density at radius 2 is 2.16 bits per heavy atom. The van der Waals surface area contributed by atoms with Gasteiger partial charge in [-0.3, -0.25) is 0 Å². The van der Waals surface area contributed by atoms with Gasteiger partial charge in [-0.15, -0.1) is 0 Å². The predicted octanol–water partition coefficient (Wildman–Crippen LogP) is 2.15. The van der Waals surface area contributed by atoms with Crippen molar-refractivity contribution < 1.29 is 10.2 Å². The maximum absolute atomic E-state index is 9.81. The lowest BCUT2D eigenvalue weighted by Gasteiger charge is -2.35. The van der Waals surface area contributed by atoms with E-state index < -0.39 is 0 Å². The highest BCUT2D eigenvalue weighted by atomic mass is 16.3. The summed E-state index contributed by atoms with van der Waals surface area (Å²) in [6.45, 7) is 3.65. The van der Waals surface area contributed by atoms with Gasteiger partial charge in [0.15, 0.2) is 0 Å². The third-order valence-electron chi connectivity index (χ3n) is 3.89. The lowest BCUT2D eigenvalue weighted by molar-refractivity contribution is 0.0969. The van der Waals surface area contributed by atoms with Gasteiger partial charge in [-0.1, -0.05) is 13.0 Å². The number of phenolic OH excluding ortho intramolecular Hbond substituents is 1.